The van der Waals surface area contributed by atoms with E-state index in [1.165, 1.54) is 7.11 Å². The predicted molar refractivity (Wildman–Crippen MR) is 74.6 cm³/mol. The minimum Gasteiger partial charge on any atom is -0.383 e. The van der Waals surface area contributed by atoms with Crippen LogP contribution in [0.3, 0.4) is 0 Å². The zero-order chi connectivity index (χ0) is 16.3. The van der Waals surface area contributed by atoms with Gasteiger partial charge in [0, 0.05) is 19.2 Å². The van der Waals surface area contributed by atoms with Crippen molar-refractivity contribution in [1.82, 2.24) is 20.4 Å². The van der Waals surface area contributed by atoms with Gasteiger partial charge in [-0.2, -0.15) is 0 Å². The highest BCUT2D eigenvalue weighted by Crippen LogP contribution is 2.14. The summed E-state index contributed by atoms with van der Waals surface area (Å²) < 4.78 is 5.20. The second-order valence-corrected chi connectivity index (χ2v) is 5.52. The molecular weight excluding hydrogens is 292 g/mol. The smallest absolute Gasteiger partial charge is 0.240 e. The average molecular weight is 312 g/mol. The molecular formula is C13H20N4O5. The molecule has 0 spiro atoms. The van der Waals surface area contributed by atoms with Gasteiger partial charge >= 0.3 is 0 Å². The van der Waals surface area contributed by atoms with Crippen molar-refractivity contribution in [2.45, 2.75) is 19.0 Å². The second kappa shape index (κ2) is 6.95. The Morgan fingerprint density at radius 1 is 0.909 bits per heavy atom. The molecule has 9 nitrogen and oxygen atoms in total. The molecule has 2 saturated heterocycles. The standard InChI is InChI=1S/C13H20N4O5/c1-8(16-3-10(18)14-11(19)4-16)9(7-22-2)17-5-12(20)15-13(21)6-17/h8-9H,3-7H2,1-2H3,(H,14,18,19)(H,15,20,21)/t8-,9+/m0/s1. The summed E-state index contributed by atoms with van der Waals surface area (Å²) in [4.78, 5) is 49.6. The summed E-state index contributed by atoms with van der Waals surface area (Å²) in [6, 6.07) is -0.507. The first kappa shape index (κ1) is 16.5. The molecule has 0 unspecified atom stereocenters. The lowest BCUT2D eigenvalue weighted by atomic mass is 10.0. The SMILES string of the molecule is COC[C@H]([C@H](C)N1CC(=O)NC(=O)C1)N1CC(=O)NC(=O)C1. The highest BCUT2D eigenvalue weighted by molar-refractivity contribution is 6.00. The van der Waals surface area contributed by atoms with Gasteiger partial charge in [-0.1, -0.05) is 0 Å². The summed E-state index contributed by atoms with van der Waals surface area (Å²) in [6.07, 6.45) is 0. The van der Waals surface area contributed by atoms with Crippen molar-refractivity contribution in [3.05, 3.63) is 0 Å². The van der Waals surface area contributed by atoms with Gasteiger partial charge in [0.2, 0.25) is 23.6 Å². The summed E-state index contributed by atoms with van der Waals surface area (Å²) in [7, 11) is 1.53. The molecule has 2 aliphatic rings. The Hall–Kier alpha value is -1.84. The number of methoxy groups -OCH3 is 1. The van der Waals surface area contributed by atoms with Crippen LogP contribution < -0.4 is 10.6 Å². The number of carbonyl (C=O) groups excluding carboxylic acids is 4. The zero-order valence-corrected chi connectivity index (χ0v) is 12.6. The van der Waals surface area contributed by atoms with Gasteiger partial charge < -0.3 is 4.74 Å². The number of nitrogens with zero attached hydrogens (tertiary/aromatic N) is 2. The van der Waals surface area contributed by atoms with Gasteiger partial charge in [0.25, 0.3) is 0 Å². The van der Waals surface area contributed by atoms with Crippen LogP contribution in [-0.4, -0.2) is 85.4 Å². The van der Waals surface area contributed by atoms with E-state index >= 15 is 0 Å². The molecule has 4 amide bonds. The first-order valence-electron chi connectivity index (χ1n) is 7.03. The molecule has 0 aromatic rings. The molecule has 0 aliphatic carbocycles. The summed E-state index contributed by atoms with van der Waals surface area (Å²) in [5.41, 5.74) is 0. The van der Waals surface area contributed by atoms with Gasteiger partial charge in [-0.3, -0.25) is 39.6 Å². The molecule has 2 N–H and O–H groups in total. The fourth-order valence-corrected chi connectivity index (χ4v) is 2.81. The van der Waals surface area contributed by atoms with Crippen LogP contribution in [0.2, 0.25) is 0 Å². The van der Waals surface area contributed by atoms with E-state index in [4.69, 9.17) is 4.74 Å². The van der Waals surface area contributed by atoms with Crippen molar-refractivity contribution in [2.75, 3.05) is 39.9 Å². The zero-order valence-electron chi connectivity index (χ0n) is 12.6. The van der Waals surface area contributed by atoms with Crippen LogP contribution in [0.15, 0.2) is 0 Å². The van der Waals surface area contributed by atoms with Gasteiger partial charge in [0.15, 0.2) is 0 Å². The Labute approximate surface area is 127 Å². The van der Waals surface area contributed by atoms with E-state index in [1.807, 2.05) is 6.92 Å². The molecule has 0 aromatic heterocycles. The number of hydrogen-bond acceptors (Lipinski definition) is 7. The molecule has 2 aliphatic heterocycles. The first-order chi connectivity index (χ1) is 10.4. The lowest BCUT2D eigenvalue weighted by Crippen LogP contribution is -2.63. The summed E-state index contributed by atoms with van der Waals surface area (Å²) in [6.45, 7) is 2.50. The molecule has 0 saturated carbocycles. The van der Waals surface area contributed by atoms with E-state index in [0.717, 1.165) is 0 Å². The molecule has 0 bridgehead atoms. The number of carbonyl (C=O) groups is 4. The second-order valence-electron chi connectivity index (χ2n) is 5.52. The van der Waals surface area contributed by atoms with Gasteiger partial charge in [-0.25, -0.2) is 0 Å². The topological polar surface area (TPSA) is 108 Å². The van der Waals surface area contributed by atoms with Crippen LogP contribution in [0.4, 0.5) is 0 Å². The molecule has 2 heterocycles. The normalized spacial score (nSPS) is 23.9. The van der Waals surface area contributed by atoms with Crippen molar-refractivity contribution >= 4 is 23.6 Å². The number of nitrogens with one attached hydrogen (secondary N) is 2. The Morgan fingerprint density at radius 2 is 1.32 bits per heavy atom. The van der Waals surface area contributed by atoms with Crippen LogP contribution >= 0.6 is 0 Å². The van der Waals surface area contributed by atoms with Crippen molar-refractivity contribution in [3.8, 4) is 0 Å². The van der Waals surface area contributed by atoms with Crippen LogP contribution in [0.5, 0.6) is 0 Å². The maximum absolute atomic E-state index is 11.5. The van der Waals surface area contributed by atoms with Crippen molar-refractivity contribution in [3.63, 3.8) is 0 Å². The molecule has 0 aromatic carbocycles. The highest BCUT2D eigenvalue weighted by atomic mass is 16.5. The molecule has 22 heavy (non-hydrogen) atoms. The van der Waals surface area contributed by atoms with E-state index < -0.39 is 0 Å². The van der Waals surface area contributed by atoms with Crippen molar-refractivity contribution < 1.29 is 23.9 Å². The monoisotopic (exact) mass is 312 g/mol. The van der Waals surface area contributed by atoms with E-state index in [9.17, 15) is 19.2 Å². The Morgan fingerprint density at radius 3 is 1.73 bits per heavy atom. The molecule has 122 valence electrons. The third-order valence-electron chi connectivity index (χ3n) is 3.88. The predicted octanol–water partition coefficient (Wildman–Crippen LogP) is -2.69. The fraction of sp³-hybridized carbons (Fsp3) is 0.692. The largest absolute Gasteiger partial charge is 0.383 e. The quantitative estimate of drug-likeness (QED) is 0.532. The minimum atomic E-state index is -0.364. The van der Waals surface area contributed by atoms with Crippen LogP contribution in [0.1, 0.15) is 6.92 Å². The number of rotatable bonds is 5. The maximum atomic E-state index is 11.5. The van der Waals surface area contributed by atoms with Crippen LogP contribution in [0, 0.1) is 0 Å². The van der Waals surface area contributed by atoms with Gasteiger partial charge in [-0.05, 0) is 6.92 Å². The molecule has 2 atom stereocenters. The lowest BCUT2D eigenvalue weighted by molar-refractivity contribution is -0.142. The van der Waals surface area contributed by atoms with E-state index in [0.29, 0.717) is 0 Å². The highest BCUT2D eigenvalue weighted by Gasteiger charge is 2.36. The van der Waals surface area contributed by atoms with Crippen molar-refractivity contribution in [1.29, 1.82) is 0 Å². The van der Waals surface area contributed by atoms with Crippen LogP contribution in [0.25, 0.3) is 0 Å². The Balaban J connectivity index is 2.12. The fourth-order valence-electron chi connectivity index (χ4n) is 2.81. The lowest BCUT2D eigenvalue weighted by Gasteiger charge is -2.41. The Kier molecular flexibility index (Phi) is 5.22. The maximum Gasteiger partial charge on any atom is 0.240 e. The Bertz CT molecular complexity index is 463. The number of amides is 4. The first-order valence-corrected chi connectivity index (χ1v) is 7.03. The molecule has 2 fully saturated rings. The average Bonchev–Trinajstić information content (AvgIpc) is 2.41. The molecule has 0 radical (unpaired) electrons. The number of imide groups is 2. The molecule has 2 rings (SSSR count). The third-order valence-corrected chi connectivity index (χ3v) is 3.88. The van der Waals surface area contributed by atoms with Gasteiger partial charge in [-0.15, -0.1) is 0 Å². The van der Waals surface area contributed by atoms with Gasteiger partial charge in [0.1, 0.15) is 0 Å². The van der Waals surface area contributed by atoms with Crippen LogP contribution in [-0.2, 0) is 23.9 Å². The number of ether oxygens (including phenoxy) is 1. The minimum absolute atomic E-state index is 0.0814. The van der Waals surface area contributed by atoms with Gasteiger partial charge in [0.05, 0.1) is 32.8 Å². The summed E-state index contributed by atoms with van der Waals surface area (Å²) >= 11 is 0. The van der Waals surface area contributed by atoms with E-state index in [-0.39, 0.29) is 68.5 Å². The summed E-state index contributed by atoms with van der Waals surface area (Å²) in [5, 5.41) is 4.49. The number of hydrogen-bond donors (Lipinski definition) is 2. The number of piperazine rings is 2. The molecule has 9 heteroatoms. The summed E-state index contributed by atoms with van der Waals surface area (Å²) in [5.74, 6) is -1.44. The van der Waals surface area contributed by atoms with E-state index in [2.05, 4.69) is 10.6 Å². The van der Waals surface area contributed by atoms with Crippen molar-refractivity contribution in [2.24, 2.45) is 0 Å². The third kappa shape index (κ3) is 3.87. The van der Waals surface area contributed by atoms with E-state index in [1.54, 1.807) is 9.80 Å².